The molecule has 0 saturated carbocycles. The topological polar surface area (TPSA) is 101 Å². The monoisotopic (exact) mass is 400 g/mol. The molecule has 138 valence electrons. The van der Waals surface area contributed by atoms with Gasteiger partial charge in [0.15, 0.2) is 5.13 Å². The van der Waals surface area contributed by atoms with Crippen molar-refractivity contribution in [2.24, 2.45) is 0 Å². The highest BCUT2D eigenvalue weighted by Gasteiger charge is 2.27. The van der Waals surface area contributed by atoms with Gasteiger partial charge < -0.3 is 4.90 Å². The molecule has 2 amide bonds. The Kier molecular flexibility index (Phi) is 4.66. The number of hydrogen-bond donors (Lipinski definition) is 1. The summed E-state index contributed by atoms with van der Waals surface area (Å²) in [6.45, 7) is 4.85. The van der Waals surface area contributed by atoms with E-state index in [0.29, 0.717) is 29.5 Å². The molecule has 0 fully saturated rings. The Morgan fingerprint density at radius 2 is 2.04 bits per heavy atom. The molecule has 0 spiro atoms. The van der Waals surface area contributed by atoms with Gasteiger partial charge in [-0.25, -0.2) is 15.0 Å². The maximum atomic E-state index is 12.8. The maximum absolute atomic E-state index is 12.8. The van der Waals surface area contributed by atoms with Crippen molar-refractivity contribution >= 4 is 39.6 Å². The van der Waals surface area contributed by atoms with Crippen molar-refractivity contribution in [1.29, 1.82) is 0 Å². The standard InChI is InChI=1S/C17H16N6O2S2/c1-9-14(26-10(2)20-9)16(25)23-6-3-11-13(8-23)27-17(21-11)22-15(24)12-7-18-4-5-19-12/h4-5,7H,3,6,8H2,1-2H3,(H,21,22,24). The van der Waals surface area contributed by atoms with E-state index in [1.165, 1.54) is 41.3 Å². The van der Waals surface area contributed by atoms with E-state index in [-0.39, 0.29) is 17.5 Å². The van der Waals surface area contributed by atoms with E-state index in [1.807, 2.05) is 18.7 Å². The van der Waals surface area contributed by atoms with E-state index in [4.69, 9.17) is 0 Å². The molecule has 0 saturated heterocycles. The molecule has 0 radical (unpaired) electrons. The van der Waals surface area contributed by atoms with Crippen LogP contribution in [0.2, 0.25) is 0 Å². The number of thiazole rings is 2. The highest BCUT2D eigenvalue weighted by Crippen LogP contribution is 2.30. The van der Waals surface area contributed by atoms with E-state index in [1.54, 1.807) is 0 Å². The largest absolute Gasteiger partial charge is 0.332 e. The van der Waals surface area contributed by atoms with Gasteiger partial charge in [0, 0.05) is 30.2 Å². The fourth-order valence-electron chi connectivity index (χ4n) is 2.87. The van der Waals surface area contributed by atoms with Gasteiger partial charge in [-0.3, -0.25) is 19.9 Å². The predicted octanol–water partition coefficient (Wildman–Crippen LogP) is 2.46. The molecule has 3 aromatic rings. The quantitative estimate of drug-likeness (QED) is 0.725. The number of hydrogen-bond acceptors (Lipinski definition) is 8. The van der Waals surface area contributed by atoms with Gasteiger partial charge in [0.25, 0.3) is 11.8 Å². The number of carbonyl (C=O) groups excluding carboxylic acids is 2. The van der Waals surface area contributed by atoms with E-state index in [0.717, 1.165) is 21.3 Å². The summed E-state index contributed by atoms with van der Waals surface area (Å²) < 4.78 is 0. The molecule has 4 rings (SSSR count). The van der Waals surface area contributed by atoms with E-state index < -0.39 is 0 Å². The summed E-state index contributed by atoms with van der Waals surface area (Å²) in [4.78, 5) is 45.2. The van der Waals surface area contributed by atoms with Gasteiger partial charge in [0.1, 0.15) is 10.6 Å². The van der Waals surface area contributed by atoms with E-state index in [9.17, 15) is 9.59 Å². The summed E-state index contributed by atoms with van der Waals surface area (Å²) in [6.07, 6.45) is 5.04. The highest BCUT2D eigenvalue weighted by molar-refractivity contribution is 7.16. The number of aromatic nitrogens is 4. The zero-order chi connectivity index (χ0) is 19.0. The molecule has 0 unspecified atom stereocenters. The Morgan fingerprint density at radius 3 is 2.74 bits per heavy atom. The first-order valence-electron chi connectivity index (χ1n) is 8.30. The van der Waals surface area contributed by atoms with Crippen LogP contribution in [0.4, 0.5) is 5.13 Å². The van der Waals surface area contributed by atoms with Crippen LogP contribution in [0.15, 0.2) is 18.6 Å². The molecule has 10 heteroatoms. The zero-order valence-electron chi connectivity index (χ0n) is 14.7. The first-order valence-corrected chi connectivity index (χ1v) is 9.94. The Labute approximate surface area is 163 Å². The number of fused-ring (bicyclic) bond motifs is 1. The minimum Gasteiger partial charge on any atom is -0.332 e. The summed E-state index contributed by atoms with van der Waals surface area (Å²) in [7, 11) is 0. The molecule has 0 aliphatic carbocycles. The second kappa shape index (κ2) is 7.12. The minimum atomic E-state index is -0.349. The van der Waals surface area contributed by atoms with Crippen LogP contribution in [0.5, 0.6) is 0 Å². The van der Waals surface area contributed by atoms with Gasteiger partial charge in [0.2, 0.25) is 0 Å². The Morgan fingerprint density at radius 1 is 1.19 bits per heavy atom. The van der Waals surface area contributed by atoms with Crippen molar-refractivity contribution in [1.82, 2.24) is 24.8 Å². The number of nitrogens with one attached hydrogen (secondary N) is 1. The van der Waals surface area contributed by atoms with Gasteiger partial charge in [-0.1, -0.05) is 11.3 Å². The minimum absolute atomic E-state index is 0.00213. The SMILES string of the molecule is Cc1nc(C)c(C(=O)N2CCc3nc(NC(=O)c4cnccn4)sc3C2)s1. The Balaban J connectivity index is 1.48. The van der Waals surface area contributed by atoms with Crippen molar-refractivity contribution in [2.75, 3.05) is 11.9 Å². The van der Waals surface area contributed by atoms with Crippen LogP contribution in [0.3, 0.4) is 0 Å². The number of carbonyl (C=O) groups is 2. The van der Waals surface area contributed by atoms with Crippen molar-refractivity contribution in [3.63, 3.8) is 0 Å². The summed E-state index contributed by atoms with van der Waals surface area (Å²) in [5.41, 5.74) is 1.93. The molecule has 8 nitrogen and oxygen atoms in total. The van der Waals surface area contributed by atoms with Crippen LogP contribution in [0.1, 0.15) is 41.4 Å². The smallest absolute Gasteiger partial charge is 0.277 e. The number of aryl methyl sites for hydroxylation is 2. The first-order chi connectivity index (χ1) is 13.0. The lowest BCUT2D eigenvalue weighted by molar-refractivity contribution is 0.0740. The van der Waals surface area contributed by atoms with Crippen molar-refractivity contribution in [2.45, 2.75) is 26.8 Å². The van der Waals surface area contributed by atoms with E-state index >= 15 is 0 Å². The lowest BCUT2D eigenvalue weighted by atomic mass is 10.1. The lowest BCUT2D eigenvalue weighted by Gasteiger charge is -2.25. The summed E-state index contributed by atoms with van der Waals surface area (Å²) in [6, 6.07) is 0. The molecule has 3 aromatic heterocycles. The van der Waals surface area contributed by atoms with E-state index in [2.05, 4.69) is 25.3 Å². The molecule has 0 atom stereocenters. The summed E-state index contributed by atoms with van der Waals surface area (Å²) >= 11 is 2.81. The van der Waals surface area contributed by atoms with Gasteiger partial charge in [-0.15, -0.1) is 11.3 Å². The van der Waals surface area contributed by atoms with Crippen LogP contribution < -0.4 is 5.32 Å². The third kappa shape index (κ3) is 3.58. The average molecular weight is 400 g/mol. The third-order valence-electron chi connectivity index (χ3n) is 4.13. The summed E-state index contributed by atoms with van der Waals surface area (Å²) in [5.74, 6) is -0.347. The molecule has 0 bridgehead atoms. The highest BCUT2D eigenvalue weighted by atomic mass is 32.1. The molecular weight excluding hydrogens is 384 g/mol. The number of nitrogens with zero attached hydrogens (tertiary/aromatic N) is 5. The van der Waals surface area contributed by atoms with Crippen LogP contribution in [0, 0.1) is 13.8 Å². The molecule has 4 heterocycles. The predicted molar refractivity (Wildman–Crippen MR) is 102 cm³/mol. The average Bonchev–Trinajstić information content (AvgIpc) is 3.22. The van der Waals surface area contributed by atoms with Crippen molar-refractivity contribution < 1.29 is 9.59 Å². The van der Waals surface area contributed by atoms with Crippen LogP contribution in [0.25, 0.3) is 0 Å². The Hall–Kier alpha value is -2.72. The van der Waals surface area contributed by atoms with Gasteiger partial charge in [0.05, 0.1) is 29.1 Å². The van der Waals surface area contributed by atoms with Crippen LogP contribution in [-0.4, -0.2) is 43.2 Å². The second-order valence-corrected chi connectivity index (χ2v) is 8.34. The fraction of sp³-hybridized carbons (Fsp3) is 0.294. The van der Waals surface area contributed by atoms with Gasteiger partial charge in [-0.05, 0) is 13.8 Å². The molecule has 0 aromatic carbocycles. The first kappa shape index (κ1) is 17.7. The molecule has 1 N–H and O–H groups in total. The fourth-order valence-corrected chi connectivity index (χ4v) is 4.78. The van der Waals surface area contributed by atoms with Crippen LogP contribution >= 0.6 is 22.7 Å². The molecule has 1 aliphatic rings. The van der Waals surface area contributed by atoms with Gasteiger partial charge in [-0.2, -0.15) is 0 Å². The molecular formula is C17H16N6O2S2. The number of amides is 2. The Bertz CT molecular complexity index is 1010. The second-order valence-electron chi connectivity index (χ2n) is 6.06. The normalized spacial score (nSPS) is 13.3. The zero-order valence-corrected chi connectivity index (χ0v) is 16.4. The molecule has 1 aliphatic heterocycles. The van der Waals surface area contributed by atoms with Crippen molar-refractivity contribution in [3.8, 4) is 0 Å². The third-order valence-corrected chi connectivity index (χ3v) is 6.19. The molecule has 27 heavy (non-hydrogen) atoms. The van der Waals surface area contributed by atoms with Crippen molar-refractivity contribution in [3.05, 3.63) is 50.4 Å². The van der Waals surface area contributed by atoms with Crippen LogP contribution in [-0.2, 0) is 13.0 Å². The maximum Gasteiger partial charge on any atom is 0.277 e. The summed E-state index contributed by atoms with van der Waals surface area (Å²) in [5, 5.41) is 4.16. The lowest BCUT2D eigenvalue weighted by Crippen LogP contribution is -2.35. The number of rotatable bonds is 3. The van der Waals surface area contributed by atoms with Gasteiger partial charge >= 0.3 is 0 Å². The number of anilines is 1.